The summed E-state index contributed by atoms with van der Waals surface area (Å²) in [6, 6.07) is 0. The van der Waals surface area contributed by atoms with Crippen LogP contribution in [0.15, 0.2) is 0 Å². The molecule has 2 fully saturated rings. The Hall–Kier alpha value is -0.120. The van der Waals surface area contributed by atoms with Crippen LogP contribution in [-0.4, -0.2) is 31.1 Å². The first-order valence-electron chi connectivity index (χ1n) is 3.94. The van der Waals surface area contributed by atoms with Crippen molar-refractivity contribution in [1.82, 2.24) is 4.90 Å². The number of fused-ring (bicyclic) bond motifs is 1. The largest absolute Gasteiger partial charge is 0.303 e. The van der Waals surface area contributed by atoms with Crippen molar-refractivity contribution in [3.8, 4) is 0 Å². The summed E-state index contributed by atoms with van der Waals surface area (Å²) in [6.45, 7) is 4.27. The lowest BCUT2D eigenvalue weighted by atomic mass is 10.4. The molecule has 1 heterocycles. The van der Waals surface area contributed by atoms with Gasteiger partial charge >= 0.3 is 0 Å². The highest BCUT2D eigenvalue weighted by molar-refractivity contribution is 4.96. The Kier molecular flexibility index (Phi) is 1.64. The smallest absolute Gasteiger partial charge is 0.0806 e. The van der Waals surface area contributed by atoms with Crippen molar-refractivity contribution >= 4 is 0 Å². The average Bonchev–Trinajstić information content (AvgIpc) is 2.56. The number of hydrogen-bond donors (Lipinski definition) is 1. The van der Waals surface area contributed by atoms with Crippen LogP contribution in [0.5, 0.6) is 0 Å². The van der Waals surface area contributed by atoms with Gasteiger partial charge in [-0.25, -0.2) is 5.90 Å². The second-order valence-electron chi connectivity index (χ2n) is 3.39. The normalized spacial score (nSPS) is 38.1. The molecule has 1 saturated heterocycles. The lowest BCUT2D eigenvalue weighted by Crippen LogP contribution is -2.27. The van der Waals surface area contributed by atoms with Crippen LogP contribution < -0.4 is 5.90 Å². The Bertz CT molecular complexity index is 119. The highest BCUT2D eigenvalue weighted by Gasteiger charge is 2.44. The van der Waals surface area contributed by atoms with Gasteiger partial charge < -0.3 is 9.74 Å². The maximum absolute atomic E-state index is 4.93. The maximum Gasteiger partial charge on any atom is 0.0806 e. The van der Waals surface area contributed by atoms with Crippen LogP contribution in [0.2, 0.25) is 0 Å². The zero-order chi connectivity index (χ0) is 6.97. The van der Waals surface area contributed by atoms with Gasteiger partial charge in [-0.15, -0.1) is 0 Å². The molecular weight excluding hydrogens is 128 g/mol. The molecule has 1 saturated carbocycles. The fourth-order valence-electron chi connectivity index (χ4n) is 1.86. The quantitative estimate of drug-likeness (QED) is 0.556. The minimum absolute atomic E-state index is 0.680. The van der Waals surface area contributed by atoms with E-state index in [0.29, 0.717) is 6.61 Å². The van der Waals surface area contributed by atoms with E-state index in [0.717, 1.165) is 18.4 Å². The summed E-state index contributed by atoms with van der Waals surface area (Å²) in [6.07, 6.45) is 1.47. The third-order valence-corrected chi connectivity index (χ3v) is 2.58. The third kappa shape index (κ3) is 1.17. The van der Waals surface area contributed by atoms with Gasteiger partial charge in [0.1, 0.15) is 0 Å². The van der Waals surface area contributed by atoms with E-state index in [1.807, 2.05) is 0 Å². The average molecular weight is 142 g/mol. The minimum atomic E-state index is 0.680. The minimum Gasteiger partial charge on any atom is -0.303 e. The van der Waals surface area contributed by atoms with Gasteiger partial charge in [-0.1, -0.05) is 0 Å². The molecule has 0 amide bonds. The molecule has 1 aliphatic carbocycles. The Morgan fingerprint density at radius 1 is 1.40 bits per heavy atom. The Morgan fingerprint density at radius 3 is 2.70 bits per heavy atom. The molecule has 0 bridgehead atoms. The molecule has 3 nitrogen and oxygen atoms in total. The van der Waals surface area contributed by atoms with E-state index in [1.165, 1.54) is 19.5 Å². The second-order valence-corrected chi connectivity index (χ2v) is 3.39. The molecule has 0 radical (unpaired) electrons. The van der Waals surface area contributed by atoms with Crippen molar-refractivity contribution in [1.29, 1.82) is 0 Å². The molecular formula is C7H14N2O. The summed E-state index contributed by atoms with van der Waals surface area (Å²) in [7, 11) is 0. The van der Waals surface area contributed by atoms with Crippen LogP contribution in [0.4, 0.5) is 0 Å². The van der Waals surface area contributed by atoms with Crippen LogP contribution in [0, 0.1) is 11.8 Å². The summed E-state index contributed by atoms with van der Waals surface area (Å²) < 4.78 is 0. The molecule has 2 N–H and O–H groups in total. The number of nitrogens with zero attached hydrogens (tertiary/aromatic N) is 1. The summed E-state index contributed by atoms with van der Waals surface area (Å²) >= 11 is 0. The fraction of sp³-hybridized carbons (Fsp3) is 1.00. The highest BCUT2D eigenvalue weighted by atomic mass is 16.6. The molecule has 58 valence electrons. The SMILES string of the molecule is NOCCN1CC2CC2C1. The Balaban J connectivity index is 1.66. The fourth-order valence-corrected chi connectivity index (χ4v) is 1.86. The van der Waals surface area contributed by atoms with Gasteiger partial charge in [0, 0.05) is 19.6 Å². The van der Waals surface area contributed by atoms with Gasteiger partial charge in [0.2, 0.25) is 0 Å². The Morgan fingerprint density at radius 2 is 2.10 bits per heavy atom. The monoisotopic (exact) mass is 142 g/mol. The molecule has 1 aliphatic heterocycles. The van der Waals surface area contributed by atoms with E-state index >= 15 is 0 Å². The van der Waals surface area contributed by atoms with Crippen molar-refractivity contribution in [2.75, 3.05) is 26.2 Å². The number of rotatable bonds is 3. The van der Waals surface area contributed by atoms with E-state index in [1.54, 1.807) is 0 Å². The summed E-state index contributed by atoms with van der Waals surface area (Å²) in [5, 5.41) is 0. The molecule has 0 aromatic heterocycles. The van der Waals surface area contributed by atoms with Gasteiger partial charge in [-0.05, 0) is 18.3 Å². The van der Waals surface area contributed by atoms with Gasteiger partial charge in [0.15, 0.2) is 0 Å². The lowest BCUT2D eigenvalue weighted by Gasteiger charge is -2.15. The van der Waals surface area contributed by atoms with Crippen LogP contribution in [-0.2, 0) is 4.84 Å². The number of nitrogens with two attached hydrogens (primary N) is 1. The van der Waals surface area contributed by atoms with Gasteiger partial charge in [-0.3, -0.25) is 0 Å². The van der Waals surface area contributed by atoms with E-state index in [2.05, 4.69) is 9.74 Å². The van der Waals surface area contributed by atoms with Crippen LogP contribution >= 0.6 is 0 Å². The van der Waals surface area contributed by atoms with E-state index in [9.17, 15) is 0 Å². The zero-order valence-electron chi connectivity index (χ0n) is 6.12. The first-order valence-corrected chi connectivity index (χ1v) is 3.94. The predicted octanol–water partition coefficient (Wildman–Crippen LogP) is -0.172. The van der Waals surface area contributed by atoms with Gasteiger partial charge in [0.25, 0.3) is 0 Å². The molecule has 0 spiro atoms. The Labute approximate surface area is 61.1 Å². The molecule has 0 aromatic rings. The van der Waals surface area contributed by atoms with Crippen molar-refractivity contribution in [2.45, 2.75) is 6.42 Å². The lowest BCUT2D eigenvalue weighted by molar-refractivity contribution is 0.110. The first kappa shape index (κ1) is 6.58. The zero-order valence-corrected chi connectivity index (χ0v) is 6.12. The second kappa shape index (κ2) is 2.49. The predicted molar refractivity (Wildman–Crippen MR) is 38.2 cm³/mol. The molecule has 3 heteroatoms. The van der Waals surface area contributed by atoms with Crippen LogP contribution in [0.25, 0.3) is 0 Å². The van der Waals surface area contributed by atoms with Crippen LogP contribution in [0.3, 0.4) is 0 Å². The van der Waals surface area contributed by atoms with E-state index in [4.69, 9.17) is 5.90 Å². The molecule has 2 unspecified atom stereocenters. The van der Waals surface area contributed by atoms with E-state index in [-0.39, 0.29) is 0 Å². The summed E-state index contributed by atoms with van der Waals surface area (Å²) in [5.74, 6) is 6.98. The van der Waals surface area contributed by atoms with Crippen LogP contribution in [0.1, 0.15) is 6.42 Å². The number of piperidine rings is 1. The molecule has 2 aliphatic rings. The van der Waals surface area contributed by atoms with Crippen molar-refractivity contribution in [2.24, 2.45) is 17.7 Å². The van der Waals surface area contributed by atoms with Gasteiger partial charge in [0.05, 0.1) is 6.61 Å². The van der Waals surface area contributed by atoms with Crippen molar-refractivity contribution in [3.05, 3.63) is 0 Å². The van der Waals surface area contributed by atoms with Crippen molar-refractivity contribution < 1.29 is 4.84 Å². The maximum atomic E-state index is 4.93. The molecule has 2 atom stereocenters. The molecule has 0 aromatic carbocycles. The van der Waals surface area contributed by atoms with Gasteiger partial charge in [-0.2, -0.15) is 0 Å². The highest BCUT2D eigenvalue weighted by Crippen LogP contribution is 2.44. The molecule has 2 rings (SSSR count). The van der Waals surface area contributed by atoms with E-state index < -0.39 is 0 Å². The third-order valence-electron chi connectivity index (χ3n) is 2.58. The standard InChI is InChI=1S/C7H14N2O/c8-10-2-1-9-4-6-3-7(6)5-9/h6-7H,1-5,8H2. The summed E-state index contributed by atoms with van der Waals surface area (Å²) in [4.78, 5) is 6.95. The number of likely N-dealkylation sites (tertiary alicyclic amines) is 1. The molecule has 10 heavy (non-hydrogen) atoms. The topological polar surface area (TPSA) is 38.5 Å². The summed E-state index contributed by atoms with van der Waals surface area (Å²) in [5.41, 5.74) is 0. The first-order chi connectivity index (χ1) is 4.90. The number of hydrogen-bond acceptors (Lipinski definition) is 3. The van der Waals surface area contributed by atoms with Crippen molar-refractivity contribution in [3.63, 3.8) is 0 Å².